The maximum Gasteiger partial charge on any atom is 0.330 e. The van der Waals surface area contributed by atoms with Crippen LogP contribution in [0.5, 0.6) is 11.5 Å². The summed E-state index contributed by atoms with van der Waals surface area (Å²) in [6.45, 7) is 10.3. The number of pyridine rings is 2. The number of hydrogen-bond donors (Lipinski definition) is 0. The van der Waals surface area contributed by atoms with Gasteiger partial charge >= 0.3 is 11.9 Å². The van der Waals surface area contributed by atoms with E-state index in [2.05, 4.69) is 23.1 Å². The van der Waals surface area contributed by atoms with E-state index in [4.69, 9.17) is 37.9 Å². The minimum atomic E-state index is -0.664. The molecule has 0 bridgehead atoms. The number of rotatable bonds is 26. The topological polar surface area (TPSA) is 134 Å². The van der Waals surface area contributed by atoms with E-state index in [0.29, 0.717) is 52.9 Å². The van der Waals surface area contributed by atoms with Crippen molar-refractivity contribution >= 4 is 11.9 Å². The average Bonchev–Trinajstić information content (AvgIpc) is 3.27. The van der Waals surface area contributed by atoms with Gasteiger partial charge in [-0.2, -0.15) is 0 Å². The first-order chi connectivity index (χ1) is 28.5. The van der Waals surface area contributed by atoms with Crippen molar-refractivity contribution in [2.75, 3.05) is 39.6 Å². The highest BCUT2D eigenvalue weighted by molar-refractivity contribution is 5.81. The first-order valence-corrected chi connectivity index (χ1v) is 19.9. The Kier molecular flexibility index (Phi) is 18.9. The lowest BCUT2D eigenvalue weighted by Gasteiger charge is -2.31. The van der Waals surface area contributed by atoms with Crippen molar-refractivity contribution in [2.45, 2.75) is 77.2 Å². The molecule has 12 heteroatoms. The van der Waals surface area contributed by atoms with Gasteiger partial charge in [0, 0.05) is 23.3 Å². The summed E-state index contributed by atoms with van der Waals surface area (Å²) in [7, 11) is 0. The first-order valence-electron chi connectivity index (χ1n) is 19.9. The van der Waals surface area contributed by atoms with Crippen LogP contribution in [0.3, 0.4) is 0 Å². The van der Waals surface area contributed by atoms with Gasteiger partial charge in [-0.1, -0.05) is 61.7 Å². The van der Waals surface area contributed by atoms with Gasteiger partial charge in [0.25, 0.3) is 0 Å². The second-order valence-electron chi connectivity index (χ2n) is 13.5. The van der Waals surface area contributed by atoms with E-state index in [1.807, 2.05) is 72.8 Å². The zero-order valence-corrected chi connectivity index (χ0v) is 33.1. The number of carbonyl (C=O) groups is 2. The molecule has 4 aromatic rings. The molecule has 308 valence electrons. The molecule has 1 aliphatic rings. The number of unbranched alkanes of at least 4 members (excludes halogenated alkanes) is 6. The molecule has 0 saturated carbocycles. The summed E-state index contributed by atoms with van der Waals surface area (Å²) >= 11 is 0. The van der Waals surface area contributed by atoms with Crippen LogP contribution in [0.1, 0.15) is 62.5 Å². The van der Waals surface area contributed by atoms with E-state index in [1.165, 1.54) is 12.2 Å². The number of aromatic nitrogens is 2. The van der Waals surface area contributed by atoms with E-state index < -0.39 is 12.6 Å². The van der Waals surface area contributed by atoms with Crippen molar-refractivity contribution in [3.8, 4) is 34.0 Å². The van der Waals surface area contributed by atoms with E-state index in [1.54, 1.807) is 12.4 Å². The molecule has 0 spiro atoms. The summed E-state index contributed by atoms with van der Waals surface area (Å²) in [6.07, 6.45) is 11.9. The van der Waals surface area contributed by atoms with Crippen molar-refractivity contribution < 1.29 is 47.5 Å². The van der Waals surface area contributed by atoms with Crippen LogP contribution in [0.15, 0.2) is 111 Å². The van der Waals surface area contributed by atoms with Gasteiger partial charge < -0.3 is 37.9 Å². The third-order valence-corrected chi connectivity index (χ3v) is 9.11. The Labute approximate surface area is 341 Å². The van der Waals surface area contributed by atoms with Crippen LogP contribution in [-0.2, 0) is 51.2 Å². The second-order valence-corrected chi connectivity index (χ2v) is 13.5. The van der Waals surface area contributed by atoms with Gasteiger partial charge in [0.15, 0.2) is 0 Å². The lowest BCUT2D eigenvalue weighted by Crippen LogP contribution is -2.41. The molecular weight excluding hydrogens is 741 g/mol. The lowest BCUT2D eigenvalue weighted by atomic mass is 10.1. The Bertz CT molecular complexity index is 1680. The molecule has 1 fully saturated rings. The molecule has 0 radical (unpaired) electrons. The van der Waals surface area contributed by atoms with Crippen molar-refractivity contribution in [1.82, 2.24) is 9.97 Å². The van der Waals surface area contributed by atoms with Crippen LogP contribution in [0, 0.1) is 0 Å². The number of nitrogens with zero attached hydrogens (tertiary/aromatic N) is 2. The fourth-order valence-corrected chi connectivity index (χ4v) is 5.87. The Morgan fingerprint density at radius 2 is 0.948 bits per heavy atom. The van der Waals surface area contributed by atoms with Crippen molar-refractivity contribution in [3.63, 3.8) is 0 Å². The van der Waals surface area contributed by atoms with Gasteiger partial charge in [0.05, 0.1) is 76.6 Å². The third-order valence-electron chi connectivity index (χ3n) is 9.11. The molecule has 2 aromatic heterocycles. The molecular formula is C46H54N2O10. The molecule has 12 nitrogen and oxygen atoms in total. The van der Waals surface area contributed by atoms with Crippen LogP contribution in [0.25, 0.3) is 22.5 Å². The molecule has 3 heterocycles. The predicted molar refractivity (Wildman–Crippen MR) is 219 cm³/mol. The van der Waals surface area contributed by atoms with Crippen molar-refractivity contribution in [1.29, 1.82) is 0 Å². The summed E-state index contributed by atoms with van der Waals surface area (Å²) in [4.78, 5) is 31.3. The summed E-state index contributed by atoms with van der Waals surface area (Å²) in [5.74, 6) is 0.694. The molecule has 0 N–H and O–H groups in total. The zero-order valence-electron chi connectivity index (χ0n) is 33.1. The monoisotopic (exact) mass is 794 g/mol. The lowest BCUT2D eigenvalue weighted by molar-refractivity contribution is -0.326. The molecule has 1 saturated heterocycles. The Morgan fingerprint density at radius 3 is 1.31 bits per heavy atom. The average molecular weight is 795 g/mol. The molecule has 5 rings (SSSR count). The molecule has 58 heavy (non-hydrogen) atoms. The summed E-state index contributed by atoms with van der Waals surface area (Å²) in [6, 6.07) is 23.9. The number of carbonyl (C=O) groups excluding carboxylic acids is 2. The van der Waals surface area contributed by atoms with E-state index in [0.717, 1.165) is 96.5 Å². The number of hydrogen-bond acceptors (Lipinski definition) is 12. The van der Waals surface area contributed by atoms with Crippen molar-refractivity contribution in [2.24, 2.45) is 0 Å². The largest absolute Gasteiger partial charge is 0.492 e. The highest BCUT2D eigenvalue weighted by Crippen LogP contribution is 2.24. The molecule has 2 atom stereocenters. The van der Waals surface area contributed by atoms with Crippen LogP contribution < -0.4 is 9.47 Å². The van der Waals surface area contributed by atoms with E-state index >= 15 is 0 Å². The Morgan fingerprint density at radius 1 is 0.552 bits per heavy atom. The highest BCUT2D eigenvalue weighted by atomic mass is 16.8. The van der Waals surface area contributed by atoms with Gasteiger partial charge in [0.1, 0.15) is 11.5 Å². The second kappa shape index (κ2) is 25.1. The zero-order chi connectivity index (χ0) is 40.6. The number of benzene rings is 2. The SMILES string of the molecule is C=CC(=O)OCCCCCCOc1ccc(-c2ccc(CO[C@H]3OCCO[C@@H]3OCc3ccc(-c4ccc(OCCCCCCOC(=O)C=C)cn4)cc3)cc2)nc1. The quantitative estimate of drug-likeness (QED) is 0.0343. The third kappa shape index (κ3) is 15.5. The standard InChI is InChI=1S/C46H54N2O10/c1-3-43(49)53-27-11-7-5-9-25-51-39-21-23-41(47-31-39)37-17-13-35(14-18-37)33-57-45-46(56-30-29-55-45)58-34-36-15-19-38(20-16-36)42-24-22-40(32-48-42)52-26-10-6-8-12-28-54-44(50)4-2/h3-4,13-24,31-32,45-46H,1-2,5-12,25-30,33-34H2/t45-,46-/m1/s1. The van der Waals surface area contributed by atoms with Gasteiger partial charge in [-0.25, -0.2) is 9.59 Å². The van der Waals surface area contributed by atoms with Gasteiger partial charge in [0.2, 0.25) is 12.6 Å². The minimum Gasteiger partial charge on any atom is -0.492 e. The fraction of sp³-hybridized carbons (Fsp3) is 0.391. The first kappa shape index (κ1) is 43.7. The number of esters is 2. The summed E-state index contributed by atoms with van der Waals surface area (Å²) in [5, 5.41) is 0. The Balaban J connectivity index is 0.975. The molecule has 1 aliphatic heterocycles. The van der Waals surface area contributed by atoms with Gasteiger partial charge in [-0.3, -0.25) is 9.97 Å². The molecule has 0 amide bonds. The van der Waals surface area contributed by atoms with Crippen LogP contribution in [-0.4, -0.2) is 74.1 Å². The minimum absolute atomic E-state index is 0.330. The van der Waals surface area contributed by atoms with Gasteiger partial charge in [-0.05, 0) is 86.8 Å². The Hall–Kier alpha value is -5.40. The summed E-state index contributed by atoms with van der Waals surface area (Å²) in [5.41, 5.74) is 5.64. The normalized spacial score (nSPS) is 15.0. The number of ether oxygens (including phenoxy) is 8. The molecule has 0 aliphatic carbocycles. The smallest absolute Gasteiger partial charge is 0.330 e. The molecule has 2 aromatic carbocycles. The van der Waals surface area contributed by atoms with E-state index in [9.17, 15) is 9.59 Å². The maximum absolute atomic E-state index is 11.1. The van der Waals surface area contributed by atoms with Crippen LogP contribution >= 0.6 is 0 Å². The predicted octanol–water partition coefficient (Wildman–Crippen LogP) is 8.58. The fourth-order valence-electron chi connectivity index (χ4n) is 5.87. The summed E-state index contributed by atoms with van der Waals surface area (Å²) < 4.78 is 45.6. The maximum atomic E-state index is 11.1. The van der Waals surface area contributed by atoms with Crippen molar-refractivity contribution in [3.05, 3.63) is 122 Å². The van der Waals surface area contributed by atoms with Crippen LogP contribution in [0.2, 0.25) is 0 Å². The van der Waals surface area contributed by atoms with Gasteiger partial charge in [-0.15, -0.1) is 0 Å². The van der Waals surface area contributed by atoms with E-state index in [-0.39, 0.29) is 11.9 Å². The highest BCUT2D eigenvalue weighted by Gasteiger charge is 2.29. The molecule has 0 unspecified atom stereocenters. The van der Waals surface area contributed by atoms with Crippen LogP contribution in [0.4, 0.5) is 0 Å².